The third-order valence-corrected chi connectivity index (χ3v) is 7.54. The minimum absolute atomic E-state index is 0.0837. The number of amides is 1. The summed E-state index contributed by atoms with van der Waals surface area (Å²) in [7, 11) is 0. The highest BCUT2D eigenvalue weighted by Gasteiger charge is 2.37. The van der Waals surface area contributed by atoms with E-state index in [-0.39, 0.29) is 23.1 Å². The van der Waals surface area contributed by atoms with Gasteiger partial charge in [0.15, 0.2) is 11.5 Å². The van der Waals surface area contributed by atoms with Gasteiger partial charge in [-0.25, -0.2) is 0 Å². The lowest BCUT2D eigenvalue weighted by Gasteiger charge is -2.36. The molecule has 162 valence electrons. The molecule has 1 unspecified atom stereocenters. The Labute approximate surface area is 182 Å². The second-order valence-electron chi connectivity index (χ2n) is 9.76. The molecule has 2 aromatic rings. The van der Waals surface area contributed by atoms with E-state index in [1.54, 1.807) is 11.3 Å². The highest BCUT2D eigenvalue weighted by atomic mass is 32.1. The maximum atomic E-state index is 13.0. The third-order valence-electron chi connectivity index (χ3n) is 6.57. The summed E-state index contributed by atoms with van der Waals surface area (Å²) in [4.78, 5) is 29.4. The second-order valence-corrected chi connectivity index (χ2v) is 10.7. The van der Waals surface area contributed by atoms with Gasteiger partial charge >= 0.3 is 0 Å². The number of Topliss-reactive ketones (excluding diaryl/α,β-unsaturated/α-hetero) is 1. The Balaban J connectivity index is 1.50. The van der Waals surface area contributed by atoms with Gasteiger partial charge in [0.1, 0.15) is 5.76 Å². The number of nitrogens with zero attached hydrogens (tertiary/aromatic N) is 1. The van der Waals surface area contributed by atoms with Crippen LogP contribution in [0.3, 0.4) is 0 Å². The molecule has 4 rings (SSSR count). The number of hydrogen-bond donors (Lipinski definition) is 1. The minimum atomic E-state index is -0.223. The van der Waals surface area contributed by atoms with E-state index < -0.39 is 0 Å². The van der Waals surface area contributed by atoms with Crippen LogP contribution in [-0.2, 0) is 6.42 Å². The van der Waals surface area contributed by atoms with Crippen LogP contribution in [0.1, 0.15) is 83.2 Å². The zero-order valence-electron chi connectivity index (χ0n) is 18.4. The quantitative estimate of drug-likeness (QED) is 0.727. The number of furan rings is 1. The van der Waals surface area contributed by atoms with Gasteiger partial charge in [-0.05, 0) is 55.6 Å². The molecule has 1 aliphatic heterocycles. The first-order chi connectivity index (χ1) is 14.2. The van der Waals surface area contributed by atoms with Crippen LogP contribution in [-0.4, -0.2) is 36.2 Å². The predicted molar refractivity (Wildman–Crippen MR) is 119 cm³/mol. The summed E-state index contributed by atoms with van der Waals surface area (Å²) in [6.45, 7) is 10.9. The average molecular weight is 429 g/mol. The largest absolute Gasteiger partial charge is 0.455 e. The number of carbonyl (C=O) groups is 2. The summed E-state index contributed by atoms with van der Waals surface area (Å²) in [5, 5.41) is 5.19. The highest BCUT2D eigenvalue weighted by molar-refractivity contribution is 7.10. The van der Waals surface area contributed by atoms with Gasteiger partial charge in [0.05, 0.1) is 11.6 Å². The summed E-state index contributed by atoms with van der Waals surface area (Å²) >= 11 is 1.74. The molecule has 5 nitrogen and oxygen atoms in total. The monoisotopic (exact) mass is 428 g/mol. The number of likely N-dealkylation sites (tertiary alicyclic amines) is 1. The molecule has 0 bridgehead atoms. The molecule has 0 saturated carbocycles. The van der Waals surface area contributed by atoms with Gasteiger partial charge in [0.25, 0.3) is 5.91 Å². The van der Waals surface area contributed by atoms with Gasteiger partial charge in [-0.3, -0.25) is 14.5 Å². The molecule has 1 saturated heterocycles. The zero-order valence-corrected chi connectivity index (χ0v) is 19.2. The summed E-state index contributed by atoms with van der Waals surface area (Å²) in [5.41, 5.74) is 1.18. The van der Waals surface area contributed by atoms with Gasteiger partial charge in [0, 0.05) is 29.8 Å². The first-order valence-electron chi connectivity index (χ1n) is 11.0. The number of nitrogens with one attached hydrogen (secondary N) is 1. The number of thiophene rings is 1. The van der Waals surface area contributed by atoms with Crippen LogP contribution in [0.4, 0.5) is 0 Å². The summed E-state index contributed by atoms with van der Waals surface area (Å²) in [5.74, 6) is 1.58. The average Bonchev–Trinajstić information content (AvgIpc) is 3.30. The number of carbonyl (C=O) groups excluding carboxylic acids is 2. The Morgan fingerprint density at radius 3 is 2.73 bits per heavy atom. The third kappa shape index (κ3) is 4.26. The van der Waals surface area contributed by atoms with Gasteiger partial charge in [-0.1, -0.05) is 26.8 Å². The fraction of sp³-hybridized carbons (Fsp3) is 0.583. The summed E-state index contributed by atoms with van der Waals surface area (Å²) < 4.78 is 5.94. The Bertz CT molecular complexity index is 921. The fourth-order valence-electron chi connectivity index (χ4n) is 4.80. The van der Waals surface area contributed by atoms with Crippen LogP contribution in [0.5, 0.6) is 0 Å². The molecule has 1 fully saturated rings. The summed E-state index contributed by atoms with van der Waals surface area (Å²) in [6.07, 6.45) is 3.57. The van der Waals surface area contributed by atoms with E-state index in [9.17, 15) is 9.59 Å². The molecule has 2 aliphatic rings. The second kappa shape index (κ2) is 8.31. The van der Waals surface area contributed by atoms with Crippen molar-refractivity contribution < 1.29 is 14.0 Å². The Kier molecular flexibility index (Phi) is 5.90. The van der Waals surface area contributed by atoms with Crippen LogP contribution in [0.15, 0.2) is 21.9 Å². The number of hydrogen-bond acceptors (Lipinski definition) is 5. The van der Waals surface area contributed by atoms with Crippen LogP contribution in [0.2, 0.25) is 0 Å². The van der Waals surface area contributed by atoms with E-state index in [1.165, 1.54) is 17.7 Å². The molecule has 6 heteroatoms. The van der Waals surface area contributed by atoms with Crippen LogP contribution in [0, 0.1) is 18.3 Å². The van der Waals surface area contributed by atoms with Crippen LogP contribution in [0.25, 0.3) is 0 Å². The van der Waals surface area contributed by atoms with Crippen molar-refractivity contribution in [3.63, 3.8) is 0 Å². The molecule has 3 heterocycles. The number of ketones is 1. The van der Waals surface area contributed by atoms with Crippen LogP contribution < -0.4 is 5.32 Å². The Hall–Kier alpha value is -1.92. The maximum absolute atomic E-state index is 13.0. The SMILES string of the molecule is Cc1c(C(=O)NCC(c2cccs2)N2CCC(C)CC2)oc2c1C(=O)CC(C)(C)C2. The molecular weight excluding hydrogens is 396 g/mol. The van der Waals surface area contributed by atoms with Gasteiger partial charge < -0.3 is 9.73 Å². The topological polar surface area (TPSA) is 62.6 Å². The molecule has 0 spiro atoms. The minimum Gasteiger partial charge on any atom is -0.455 e. The molecule has 0 radical (unpaired) electrons. The van der Waals surface area contributed by atoms with Crippen molar-refractivity contribution in [3.05, 3.63) is 45.0 Å². The molecule has 0 aromatic carbocycles. The summed E-state index contributed by atoms with van der Waals surface area (Å²) in [6, 6.07) is 4.39. The van der Waals surface area contributed by atoms with Crippen molar-refractivity contribution in [2.45, 2.75) is 59.4 Å². The molecule has 1 amide bonds. The molecular formula is C24H32N2O3S. The van der Waals surface area contributed by atoms with E-state index in [0.29, 0.717) is 42.0 Å². The lowest BCUT2D eigenvalue weighted by Crippen LogP contribution is -2.41. The van der Waals surface area contributed by atoms with E-state index in [4.69, 9.17) is 4.42 Å². The van der Waals surface area contributed by atoms with Crippen LogP contribution >= 0.6 is 11.3 Å². The fourth-order valence-corrected chi connectivity index (χ4v) is 5.66. The van der Waals surface area contributed by atoms with Crippen molar-refractivity contribution in [3.8, 4) is 0 Å². The molecule has 2 aromatic heterocycles. The lowest BCUT2D eigenvalue weighted by atomic mass is 9.76. The molecule has 1 aliphatic carbocycles. The number of piperidine rings is 1. The van der Waals surface area contributed by atoms with Gasteiger partial charge in [0.2, 0.25) is 0 Å². The van der Waals surface area contributed by atoms with E-state index in [1.807, 2.05) is 6.92 Å². The Morgan fingerprint density at radius 1 is 1.33 bits per heavy atom. The molecule has 1 atom stereocenters. The van der Waals surface area contributed by atoms with E-state index in [0.717, 1.165) is 19.0 Å². The maximum Gasteiger partial charge on any atom is 0.287 e. The normalized spacial score (nSPS) is 20.7. The molecule has 30 heavy (non-hydrogen) atoms. The standard InChI is InChI=1S/C24H32N2O3S/c1-15-7-9-26(10-8-15)17(20-6-5-11-30-20)14-25-23(28)22-16(2)21-18(27)12-24(3,4)13-19(21)29-22/h5-6,11,15,17H,7-10,12-14H2,1-4H3,(H,25,28). The first-order valence-corrected chi connectivity index (χ1v) is 11.8. The van der Waals surface area contributed by atoms with E-state index >= 15 is 0 Å². The van der Waals surface area contributed by atoms with Crippen molar-refractivity contribution in [2.75, 3.05) is 19.6 Å². The number of rotatable bonds is 5. The van der Waals surface area contributed by atoms with Crippen molar-refractivity contribution in [2.24, 2.45) is 11.3 Å². The highest BCUT2D eigenvalue weighted by Crippen LogP contribution is 2.38. The lowest BCUT2D eigenvalue weighted by molar-refractivity contribution is 0.0871. The van der Waals surface area contributed by atoms with Gasteiger partial charge in [-0.2, -0.15) is 0 Å². The van der Waals surface area contributed by atoms with E-state index in [2.05, 4.69) is 48.5 Å². The van der Waals surface area contributed by atoms with Crippen molar-refractivity contribution in [1.29, 1.82) is 0 Å². The molecule has 1 N–H and O–H groups in total. The zero-order chi connectivity index (χ0) is 21.5. The first kappa shape index (κ1) is 21.3. The predicted octanol–water partition coefficient (Wildman–Crippen LogP) is 5.01. The van der Waals surface area contributed by atoms with Crippen molar-refractivity contribution in [1.82, 2.24) is 10.2 Å². The van der Waals surface area contributed by atoms with Crippen molar-refractivity contribution >= 4 is 23.0 Å². The smallest absolute Gasteiger partial charge is 0.287 e. The number of fused-ring (bicyclic) bond motifs is 1. The van der Waals surface area contributed by atoms with Gasteiger partial charge in [-0.15, -0.1) is 11.3 Å². The Morgan fingerprint density at radius 2 is 2.07 bits per heavy atom.